The number of amides is 1. The zero-order valence-corrected chi connectivity index (χ0v) is 23.0. The smallest absolute Gasteiger partial charge is 0.224 e. The topological polar surface area (TPSA) is 52.6 Å². The molecule has 4 aromatic rings. The molecule has 5 rings (SSSR count). The van der Waals surface area contributed by atoms with Crippen molar-refractivity contribution in [2.45, 2.75) is 19.4 Å². The average molecular weight is 538 g/mol. The van der Waals surface area contributed by atoms with Gasteiger partial charge in [-0.1, -0.05) is 103 Å². The summed E-state index contributed by atoms with van der Waals surface area (Å²) in [5.74, 6) is 1.03. The van der Waals surface area contributed by atoms with E-state index in [1.165, 1.54) is 28.2 Å². The molecule has 1 aromatic heterocycles. The molecule has 0 unspecified atom stereocenters. The van der Waals surface area contributed by atoms with Crippen molar-refractivity contribution in [3.05, 3.63) is 120 Å². The standard InChI is InChI=1S/C32H35N5OS/c38-31(36-23-21-35(22-24-36)19-10-17-27-11-4-1-5-12-27)18-20-37(26-29-15-8-3-9-16-29)32-33-30(34-39-32)25-28-13-6-2-7-14-28/h1-17H,18-26H2. The fourth-order valence-corrected chi connectivity index (χ4v) is 5.45. The number of carbonyl (C=O) groups is 1. The third-order valence-electron chi connectivity index (χ3n) is 6.94. The lowest BCUT2D eigenvalue weighted by Crippen LogP contribution is -2.49. The second-order valence-corrected chi connectivity index (χ2v) is 10.5. The van der Waals surface area contributed by atoms with Crippen LogP contribution >= 0.6 is 11.5 Å². The largest absolute Gasteiger partial charge is 0.342 e. The van der Waals surface area contributed by atoms with Gasteiger partial charge in [0, 0.05) is 70.2 Å². The van der Waals surface area contributed by atoms with Crippen molar-refractivity contribution in [2.75, 3.05) is 44.2 Å². The van der Waals surface area contributed by atoms with Crippen LogP contribution in [0, 0.1) is 0 Å². The summed E-state index contributed by atoms with van der Waals surface area (Å²) >= 11 is 1.42. The predicted molar refractivity (Wildman–Crippen MR) is 160 cm³/mol. The summed E-state index contributed by atoms with van der Waals surface area (Å²) in [5, 5.41) is 0.868. The van der Waals surface area contributed by atoms with Crippen LogP contribution in [0.3, 0.4) is 0 Å². The lowest BCUT2D eigenvalue weighted by atomic mass is 10.1. The molecule has 1 aliphatic rings. The molecule has 3 aromatic carbocycles. The minimum Gasteiger partial charge on any atom is -0.342 e. The highest BCUT2D eigenvalue weighted by molar-refractivity contribution is 7.09. The van der Waals surface area contributed by atoms with Gasteiger partial charge in [-0.15, -0.1) is 0 Å². The Hall–Kier alpha value is -3.81. The predicted octanol–water partition coefficient (Wildman–Crippen LogP) is 5.38. The van der Waals surface area contributed by atoms with Crippen LogP contribution in [-0.4, -0.2) is 64.3 Å². The van der Waals surface area contributed by atoms with Crippen molar-refractivity contribution in [1.82, 2.24) is 19.2 Å². The number of hydrogen-bond donors (Lipinski definition) is 0. The summed E-state index contributed by atoms with van der Waals surface area (Å²) in [4.78, 5) is 24.6. The van der Waals surface area contributed by atoms with E-state index in [1.54, 1.807) is 0 Å². The van der Waals surface area contributed by atoms with Crippen molar-refractivity contribution >= 4 is 28.6 Å². The Morgan fingerprint density at radius 3 is 2.18 bits per heavy atom. The Labute approximate surface area is 235 Å². The number of benzene rings is 3. The van der Waals surface area contributed by atoms with E-state index in [0.29, 0.717) is 25.9 Å². The van der Waals surface area contributed by atoms with E-state index in [2.05, 4.69) is 74.9 Å². The fourth-order valence-electron chi connectivity index (χ4n) is 4.74. The highest BCUT2D eigenvalue weighted by Crippen LogP contribution is 2.22. The maximum Gasteiger partial charge on any atom is 0.224 e. The maximum absolute atomic E-state index is 13.2. The van der Waals surface area contributed by atoms with Gasteiger partial charge in [-0.05, 0) is 16.7 Å². The summed E-state index contributed by atoms with van der Waals surface area (Å²) in [7, 11) is 0. The minimum atomic E-state index is 0.210. The summed E-state index contributed by atoms with van der Waals surface area (Å²) in [6.07, 6.45) is 5.55. The van der Waals surface area contributed by atoms with Crippen LogP contribution in [0.4, 0.5) is 5.13 Å². The second kappa shape index (κ2) is 13.8. The van der Waals surface area contributed by atoms with Crippen molar-refractivity contribution in [2.24, 2.45) is 0 Å². The molecule has 0 saturated carbocycles. The Morgan fingerprint density at radius 2 is 1.49 bits per heavy atom. The number of nitrogens with zero attached hydrogens (tertiary/aromatic N) is 5. The summed E-state index contributed by atoms with van der Waals surface area (Å²) in [5.41, 5.74) is 3.61. The first-order chi connectivity index (χ1) is 19.2. The number of aromatic nitrogens is 2. The van der Waals surface area contributed by atoms with E-state index in [4.69, 9.17) is 4.98 Å². The molecule has 2 heterocycles. The zero-order chi connectivity index (χ0) is 26.7. The number of rotatable bonds is 11. The molecule has 200 valence electrons. The van der Waals surface area contributed by atoms with Gasteiger partial charge in [0.05, 0.1) is 0 Å². The SMILES string of the molecule is O=C(CCN(Cc1ccccc1)c1nc(Cc2ccccc2)ns1)N1CCN(CC=Cc2ccccc2)CC1. The monoisotopic (exact) mass is 537 g/mol. The van der Waals surface area contributed by atoms with Crippen molar-refractivity contribution in [3.63, 3.8) is 0 Å². The number of anilines is 1. The van der Waals surface area contributed by atoms with Gasteiger partial charge >= 0.3 is 0 Å². The van der Waals surface area contributed by atoms with Crippen LogP contribution in [0.15, 0.2) is 97.1 Å². The Bertz CT molecular complexity index is 1320. The first-order valence-corrected chi connectivity index (χ1v) is 14.4. The lowest BCUT2D eigenvalue weighted by Gasteiger charge is -2.34. The van der Waals surface area contributed by atoms with Gasteiger partial charge < -0.3 is 9.80 Å². The molecule has 0 atom stereocenters. The average Bonchev–Trinajstić information content (AvgIpc) is 3.45. The second-order valence-electron chi connectivity index (χ2n) is 9.81. The normalized spacial score (nSPS) is 14.1. The molecule has 1 fully saturated rings. The molecular weight excluding hydrogens is 502 g/mol. The van der Waals surface area contributed by atoms with Crippen LogP contribution in [0.2, 0.25) is 0 Å². The number of hydrogen-bond acceptors (Lipinski definition) is 6. The van der Waals surface area contributed by atoms with E-state index in [0.717, 1.165) is 43.7 Å². The maximum atomic E-state index is 13.2. The van der Waals surface area contributed by atoms with Gasteiger partial charge in [-0.25, -0.2) is 4.98 Å². The van der Waals surface area contributed by atoms with Gasteiger partial charge in [0.15, 0.2) is 0 Å². The minimum absolute atomic E-state index is 0.210. The molecule has 0 spiro atoms. The first-order valence-electron chi connectivity index (χ1n) is 13.6. The molecule has 7 heteroatoms. The summed E-state index contributed by atoms with van der Waals surface area (Å²) < 4.78 is 4.63. The molecule has 0 N–H and O–H groups in total. The van der Waals surface area contributed by atoms with Crippen LogP contribution in [0.5, 0.6) is 0 Å². The van der Waals surface area contributed by atoms with E-state index in [-0.39, 0.29) is 5.91 Å². The highest BCUT2D eigenvalue weighted by atomic mass is 32.1. The quantitative estimate of drug-likeness (QED) is 0.257. The van der Waals surface area contributed by atoms with Gasteiger partial charge in [0.25, 0.3) is 0 Å². The molecular formula is C32H35N5OS. The van der Waals surface area contributed by atoms with Crippen LogP contribution in [0.1, 0.15) is 28.9 Å². The molecule has 1 amide bonds. The first kappa shape index (κ1) is 26.8. The molecule has 1 saturated heterocycles. The van der Waals surface area contributed by atoms with Gasteiger partial charge in [0.1, 0.15) is 5.82 Å². The molecule has 0 aliphatic carbocycles. The van der Waals surface area contributed by atoms with E-state index in [9.17, 15) is 4.79 Å². The van der Waals surface area contributed by atoms with E-state index < -0.39 is 0 Å². The lowest BCUT2D eigenvalue weighted by molar-refractivity contribution is -0.132. The molecule has 0 bridgehead atoms. The van der Waals surface area contributed by atoms with Crippen LogP contribution in [-0.2, 0) is 17.8 Å². The van der Waals surface area contributed by atoms with E-state index in [1.807, 2.05) is 47.4 Å². The molecule has 6 nitrogen and oxygen atoms in total. The highest BCUT2D eigenvalue weighted by Gasteiger charge is 2.22. The van der Waals surface area contributed by atoms with Gasteiger partial charge in [-0.2, -0.15) is 4.37 Å². The molecule has 0 radical (unpaired) electrons. The molecule has 1 aliphatic heterocycles. The molecule has 39 heavy (non-hydrogen) atoms. The van der Waals surface area contributed by atoms with Crippen molar-refractivity contribution < 1.29 is 4.79 Å². The Morgan fingerprint density at radius 1 is 0.846 bits per heavy atom. The number of carbonyl (C=O) groups excluding carboxylic acids is 1. The summed E-state index contributed by atoms with van der Waals surface area (Å²) in [6.45, 7) is 5.58. The van der Waals surface area contributed by atoms with Crippen LogP contribution < -0.4 is 4.90 Å². The van der Waals surface area contributed by atoms with Crippen molar-refractivity contribution in [3.8, 4) is 0 Å². The Kier molecular flexibility index (Phi) is 9.50. The van der Waals surface area contributed by atoms with Crippen molar-refractivity contribution in [1.29, 1.82) is 0 Å². The van der Waals surface area contributed by atoms with E-state index >= 15 is 0 Å². The summed E-state index contributed by atoms with van der Waals surface area (Å²) in [6, 6.07) is 31.0. The Balaban J connectivity index is 1.14. The van der Waals surface area contributed by atoms with Gasteiger partial charge in [0.2, 0.25) is 11.0 Å². The number of piperazine rings is 1. The fraction of sp³-hybridized carbons (Fsp3) is 0.281. The third kappa shape index (κ3) is 8.09. The zero-order valence-electron chi connectivity index (χ0n) is 22.2. The van der Waals surface area contributed by atoms with Crippen LogP contribution in [0.25, 0.3) is 6.08 Å². The van der Waals surface area contributed by atoms with Gasteiger partial charge in [-0.3, -0.25) is 9.69 Å². The third-order valence-corrected chi connectivity index (χ3v) is 7.76.